The molecule has 4 N–H and O–H groups in total. The first-order chi connectivity index (χ1) is 11.2. The second-order valence-corrected chi connectivity index (χ2v) is 8.90. The first-order valence-corrected chi connectivity index (χ1v) is 11.3. The number of aliphatic hydroxyl groups is 1. The number of amides is 2. The van der Waals surface area contributed by atoms with Crippen LogP contribution in [0.1, 0.15) is 19.8 Å². The molecule has 2 amide bonds. The van der Waals surface area contributed by atoms with E-state index in [9.17, 15) is 23.1 Å². The van der Waals surface area contributed by atoms with Gasteiger partial charge in [0.1, 0.15) is 11.5 Å². The summed E-state index contributed by atoms with van der Waals surface area (Å²) in [5.41, 5.74) is 0. The standard InChI is InChI=1S/C12H22IN3O6S2/c1-2-15-23-8-7-10(17)16(12(8)19)6-5-14-11(18)9(3-4-13)24(20,21)22/h8-10,15,17H,2-7H2,1H3,(H,14,18)(H,20,21,22). The number of nitrogens with zero attached hydrogens (tertiary/aromatic N) is 1. The van der Waals surface area contributed by atoms with Crippen molar-refractivity contribution in [3.63, 3.8) is 0 Å². The summed E-state index contributed by atoms with van der Waals surface area (Å²) in [5, 5.41) is 10.4. The molecule has 0 aromatic heterocycles. The summed E-state index contributed by atoms with van der Waals surface area (Å²) in [6.07, 6.45) is -0.651. The van der Waals surface area contributed by atoms with E-state index in [4.69, 9.17) is 4.55 Å². The van der Waals surface area contributed by atoms with Gasteiger partial charge < -0.3 is 15.3 Å². The van der Waals surface area contributed by atoms with Crippen molar-refractivity contribution < 1.29 is 27.7 Å². The summed E-state index contributed by atoms with van der Waals surface area (Å²) in [6.45, 7) is 2.65. The molecular formula is C12H22IN3O6S2. The lowest BCUT2D eigenvalue weighted by Crippen LogP contribution is -2.45. The number of halogens is 1. The molecule has 3 unspecified atom stereocenters. The number of rotatable bonds is 10. The van der Waals surface area contributed by atoms with E-state index in [2.05, 4.69) is 10.0 Å². The first-order valence-electron chi connectivity index (χ1n) is 7.39. The maximum Gasteiger partial charge on any atom is 0.276 e. The summed E-state index contributed by atoms with van der Waals surface area (Å²) < 4.78 is 34.9. The molecule has 0 radical (unpaired) electrons. The largest absolute Gasteiger partial charge is 0.373 e. The van der Waals surface area contributed by atoms with Crippen LogP contribution in [0.2, 0.25) is 0 Å². The van der Waals surface area contributed by atoms with Crippen molar-refractivity contribution >= 4 is 56.5 Å². The molecule has 1 aliphatic heterocycles. The topological polar surface area (TPSA) is 136 Å². The Balaban J connectivity index is 2.51. The highest BCUT2D eigenvalue weighted by atomic mass is 127. The number of likely N-dealkylation sites (tertiary alicyclic amines) is 1. The Morgan fingerprint density at radius 3 is 2.75 bits per heavy atom. The van der Waals surface area contributed by atoms with Crippen molar-refractivity contribution in [1.82, 2.24) is 14.9 Å². The maximum absolute atomic E-state index is 12.1. The van der Waals surface area contributed by atoms with Crippen molar-refractivity contribution in [2.75, 3.05) is 24.1 Å². The molecular weight excluding hydrogens is 473 g/mol. The van der Waals surface area contributed by atoms with E-state index in [-0.39, 0.29) is 37.1 Å². The van der Waals surface area contributed by atoms with Crippen molar-refractivity contribution in [2.45, 2.75) is 36.5 Å². The van der Waals surface area contributed by atoms with Gasteiger partial charge in [0.15, 0.2) is 5.25 Å². The molecule has 0 saturated carbocycles. The molecule has 0 aromatic carbocycles. The summed E-state index contributed by atoms with van der Waals surface area (Å²) in [7, 11) is -4.47. The van der Waals surface area contributed by atoms with E-state index in [1.54, 1.807) is 0 Å². The number of carbonyl (C=O) groups excluding carboxylic acids is 2. The molecule has 1 saturated heterocycles. The van der Waals surface area contributed by atoms with Crippen LogP contribution < -0.4 is 10.0 Å². The molecule has 140 valence electrons. The van der Waals surface area contributed by atoms with Gasteiger partial charge in [-0.25, -0.2) is 0 Å². The average molecular weight is 495 g/mol. The minimum absolute atomic E-state index is 0.00209. The third-order valence-electron chi connectivity index (χ3n) is 3.39. The van der Waals surface area contributed by atoms with Gasteiger partial charge in [0, 0.05) is 30.5 Å². The van der Waals surface area contributed by atoms with Crippen LogP contribution in [-0.4, -0.2) is 75.6 Å². The zero-order valence-corrected chi connectivity index (χ0v) is 16.9. The lowest BCUT2D eigenvalue weighted by atomic mass is 10.3. The Kier molecular flexibility index (Phi) is 9.22. The fourth-order valence-electron chi connectivity index (χ4n) is 2.22. The Hall–Kier alpha value is -0.150. The van der Waals surface area contributed by atoms with Gasteiger partial charge in [-0.15, -0.1) is 0 Å². The Bertz CT molecular complexity index is 547. The monoisotopic (exact) mass is 495 g/mol. The third kappa shape index (κ3) is 6.29. The molecule has 1 fully saturated rings. The predicted octanol–water partition coefficient (Wildman–Crippen LogP) is -0.639. The minimum atomic E-state index is -4.47. The normalized spacial score (nSPS) is 22.7. The van der Waals surface area contributed by atoms with E-state index >= 15 is 0 Å². The SMILES string of the molecule is CCNSC1CC(O)N(CCNC(=O)C(CCI)S(=O)(=O)O)C1=O. The summed E-state index contributed by atoms with van der Waals surface area (Å²) >= 11 is 3.17. The highest BCUT2D eigenvalue weighted by Gasteiger charge is 2.38. The van der Waals surface area contributed by atoms with Crippen LogP contribution >= 0.6 is 34.5 Å². The van der Waals surface area contributed by atoms with Gasteiger partial charge in [0.05, 0.1) is 0 Å². The Morgan fingerprint density at radius 2 is 2.21 bits per heavy atom. The molecule has 24 heavy (non-hydrogen) atoms. The highest BCUT2D eigenvalue weighted by molar-refractivity contribution is 14.1. The van der Waals surface area contributed by atoms with Gasteiger partial charge in [-0.2, -0.15) is 8.42 Å². The second kappa shape index (κ2) is 10.1. The summed E-state index contributed by atoms with van der Waals surface area (Å²) in [4.78, 5) is 25.3. The quantitative estimate of drug-likeness (QED) is 0.136. The summed E-state index contributed by atoms with van der Waals surface area (Å²) in [5.74, 6) is -1.05. The Labute approximate surface area is 159 Å². The van der Waals surface area contributed by atoms with Gasteiger partial charge in [-0.3, -0.25) is 18.9 Å². The number of hydrogen-bond acceptors (Lipinski definition) is 7. The fraction of sp³-hybridized carbons (Fsp3) is 0.833. The third-order valence-corrected chi connectivity index (χ3v) is 6.31. The first kappa shape index (κ1) is 21.9. The highest BCUT2D eigenvalue weighted by Crippen LogP contribution is 2.25. The molecule has 3 atom stereocenters. The lowest BCUT2D eigenvalue weighted by Gasteiger charge is -2.21. The average Bonchev–Trinajstić information content (AvgIpc) is 2.76. The van der Waals surface area contributed by atoms with Crippen LogP contribution in [-0.2, 0) is 19.7 Å². The van der Waals surface area contributed by atoms with Gasteiger partial charge in [-0.05, 0) is 6.42 Å². The molecule has 1 heterocycles. The molecule has 0 spiro atoms. The molecule has 12 heteroatoms. The van der Waals surface area contributed by atoms with Crippen molar-refractivity contribution in [3.05, 3.63) is 0 Å². The fourth-order valence-corrected chi connectivity index (χ4v) is 4.91. The molecule has 0 aromatic rings. The van der Waals surface area contributed by atoms with Crippen molar-refractivity contribution in [3.8, 4) is 0 Å². The maximum atomic E-state index is 12.1. The van der Waals surface area contributed by atoms with E-state index < -0.39 is 27.5 Å². The van der Waals surface area contributed by atoms with Crippen LogP contribution in [0.15, 0.2) is 0 Å². The van der Waals surface area contributed by atoms with Gasteiger partial charge in [0.2, 0.25) is 11.8 Å². The zero-order chi connectivity index (χ0) is 18.3. The molecule has 9 nitrogen and oxygen atoms in total. The predicted molar refractivity (Wildman–Crippen MR) is 99.2 cm³/mol. The molecule has 1 rings (SSSR count). The van der Waals surface area contributed by atoms with E-state index in [0.29, 0.717) is 11.0 Å². The van der Waals surface area contributed by atoms with E-state index in [1.165, 1.54) is 16.8 Å². The Morgan fingerprint density at radius 1 is 1.54 bits per heavy atom. The van der Waals surface area contributed by atoms with Gasteiger partial charge in [-0.1, -0.05) is 41.5 Å². The van der Waals surface area contributed by atoms with Crippen LogP contribution in [0.25, 0.3) is 0 Å². The van der Waals surface area contributed by atoms with Crippen LogP contribution in [0.5, 0.6) is 0 Å². The number of carbonyl (C=O) groups is 2. The van der Waals surface area contributed by atoms with Crippen LogP contribution in [0, 0.1) is 0 Å². The molecule has 1 aliphatic rings. The van der Waals surface area contributed by atoms with Gasteiger partial charge in [0.25, 0.3) is 10.1 Å². The lowest BCUT2D eigenvalue weighted by molar-refractivity contribution is -0.133. The number of alkyl halides is 1. The number of aliphatic hydroxyl groups excluding tert-OH is 1. The zero-order valence-electron chi connectivity index (χ0n) is 13.1. The van der Waals surface area contributed by atoms with E-state index in [0.717, 1.165) is 0 Å². The second-order valence-electron chi connectivity index (χ2n) is 5.12. The smallest absolute Gasteiger partial charge is 0.276 e. The van der Waals surface area contributed by atoms with E-state index in [1.807, 2.05) is 29.5 Å². The van der Waals surface area contributed by atoms with Crippen molar-refractivity contribution in [2.24, 2.45) is 0 Å². The number of nitrogens with one attached hydrogen (secondary N) is 2. The van der Waals surface area contributed by atoms with Gasteiger partial charge >= 0.3 is 0 Å². The minimum Gasteiger partial charge on any atom is -0.373 e. The molecule has 0 bridgehead atoms. The summed E-state index contributed by atoms with van der Waals surface area (Å²) in [6, 6.07) is 0. The molecule has 0 aliphatic carbocycles. The van der Waals surface area contributed by atoms with Crippen LogP contribution in [0.3, 0.4) is 0 Å². The number of hydrogen-bond donors (Lipinski definition) is 4. The van der Waals surface area contributed by atoms with Crippen LogP contribution in [0.4, 0.5) is 0 Å². The van der Waals surface area contributed by atoms with Crippen molar-refractivity contribution in [1.29, 1.82) is 0 Å².